The normalized spacial score (nSPS) is 21.8. The number of aliphatic imine (C=N–C) groups is 1. The molecule has 2 heterocycles. The number of piperidine rings is 2. The summed E-state index contributed by atoms with van der Waals surface area (Å²) in [5.41, 5.74) is 1.40. The molecule has 2 aliphatic rings. The molecule has 3 rings (SSSR count). The summed E-state index contributed by atoms with van der Waals surface area (Å²) < 4.78 is 5.46. The van der Waals surface area contributed by atoms with Gasteiger partial charge in [-0.25, -0.2) is 4.99 Å². The molecule has 178 valence electrons. The minimum absolute atomic E-state index is 0.0280. The number of likely N-dealkylation sites (N-methyl/N-ethyl adjacent to an activating group) is 1. The Morgan fingerprint density at radius 3 is 2.78 bits per heavy atom. The third kappa shape index (κ3) is 7.20. The highest BCUT2D eigenvalue weighted by molar-refractivity contribution is 5.85. The molecule has 0 aliphatic carbocycles. The Balaban J connectivity index is 1.61. The molecule has 0 spiro atoms. The Morgan fingerprint density at radius 2 is 2.03 bits per heavy atom. The molecule has 1 N–H and O–H groups in total. The Labute approximate surface area is 193 Å². The van der Waals surface area contributed by atoms with E-state index in [-0.39, 0.29) is 12.5 Å². The van der Waals surface area contributed by atoms with E-state index in [0.717, 1.165) is 58.2 Å². The molecule has 2 fully saturated rings. The van der Waals surface area contributed by atoms with Crippen LogP contribution in [0.5, 0.6) is 0 Å². The molecule has 1 aromatic rings. The molecule has 32 heavy (non-hydrogen) atoms. The van der Waals surface area contributed by atoms with Gasteiger partial charge in [-0.1, -0.05) is 30.3 Å². The van der Waals surface area contributed by atoms with Crippen molar-refractivity contribution in [1.82, 2.24) is 20.0 Å². The van der Waals surface area contributed by atoms with Gasteiger partial charge >= 0.3 is 0 Å². The highest BCUT2D eigenvalue weighted by Crippen LogP contribution is 2.31. The minimum Gasteiger partial charge on any atom is -0.382 e. The van der Waals surface area contributed by atoms with E-state index < -0.39 is 0 Å². The standard InChI is InChI=1S/C25H41N5O2/c1-4-32-17-9-14-26-25(27-18-24(31)28(2)3)30-16-13-23-22(20-30)12-8-15-29(23)19-21-10-6-5-7-11-21/h5-7,10-11,22-23H,4,8-9,12-20H2,1-3H3,(H,26,27). The quantitative estimate of drug-likeness (QED) is 0.361. The van der Waals surface area contributed by atoms with Crippen LogP contribution in [0.15, 0.2) is 35.3 Å². The number of guanidine groups is 1. The average molecular weight is 444 g/mol. The first-order chi connectivity index (χ1) is 15.6. The maximum atomic E-state index is 12.1. The van der Waals surface area contributed by atoms with Crippen molar-refractivity contribution in [3.63, 3.8) is 0 Å². The number of fused-ring (bicyclic) bond motifs is 1. The van der Waals surface area contributed by atoms with E-state index in [4.69, 9.17) is 9.73 Å². The number of hydrogen-bond donors (Lipinski definition) is 1. The number of carbonyl (C=O) groups excluding carboxylic acids is 1. The second kappa shape index (κ2) is 12.8. The fourth-order valence-electron chi connectivity index (χ4n) is 4.78. The molecule has 2 saturated heterocycles. The van der Waals surface area contributed by atoms with Gasteiger partial charge in [0.2, 0.25) is 5.91 Å². The van der Waals surface area contributed by atoms with E-state index in [1.54, 1.807) is 19.0 Å². The van der Waals surface area contributed by atoms with Crippen LogP contribution in [0.25, 0.3) is 0 Å². The lowest BCUT2D eigenvalue weighted by Gasteiger charge is -2.48. The predicted molar refractivity (Wildman–Crippen MR) is 130 cm³/mol. The Morgan fingerprint density at radius 1 is 1.22 bits per heavy atom. The summed E-state index contributed by atoms with van der Waals surface area (Å²) in [7, 11) is 3.56. The molecule has 2 unspecified atom stereocenters. The van der Waals surface area contributed by atoms with Crippen molar-refractivity contribution < 1.29 is 9.53 Å². The van der Waals surface area contributed by atoms with Gasteiger partial charge in [0, 0.05) is 59.5 Å². The summed E-state index contributed by atoms with van der Waals surface area (Å²) >= 11 is 0. The zero-order valence-electron chi connectivity index (χ0n) is 20.1. The molecular formula is C25H41N5O2. The van der Waals surface area contributed by atoms with Gasteiger partial charge in [-0.05, 0) is 50.6 Å². The number of hydrogen-bond acceptors (Lipinski definition) is 4. The molecule has 0 radical (unpaired) electrons. The van der Waals surface area contributed by atoms with Gasteiger partial charge in [0.1, 0.15) is 6.54 Å². The van der Waals surface area contributed by atoms with Crippen molar-refractivity contribution in [2.45, 2.75) is 45.2 Å². The molecule has 0 saturated carbocycles. The monoisotopic (exact) mass is 443 g/mol. The minimum atomic E-state index is 0.0280. The molecule has 1 amide bonds. The molecule has 7 heteroatoms. The van der Waals surface area contributed by atoms with E-state index in [9.17, 15) is 4.79 Å². The van der Waals surface area contributed by atoms with Crippen molar-refractivity contribution in [2.24, 2.45) is 10.9 Å². The van der Waals surface area contributed by atoms with E-state index >= 15 is 0 Å². The van der Waals surface area contributed by atoms with Gasteiger partial charge in [0.05, 0.1) is 0 Å². The third-order valence-electron chi connectivity index (χ3n) is 6.53. The number of rotatable bonds is 9. The van der Waals surface area contributed by atoms with Crippen LogP contribution in [-0.4, -0.2) is 92.6 Å². The van der Waals surface area contributed by atoms with E-state index in [0.29, 0.717) is 12.0 Å². The molecule has 7 nitrogen and oxygen atoms in total. The van der Waals surface area contributed by atoms with Crippen molar-refractivity contribution in [3.05, 3.63) is 35.9 Å². The molecule has 0 aromatic heterocycles. The fraction of sp³-hybridized carbons (Fsp3) is 0.680. The number of nitrogens with zero attached hydrogens (tertiary/aromatic N) is 4. The summed E-state index contributed by atoms with van der Waals surface area (Å²) in [6.07, 6.45) is 4.58. The van der Waals surface area contributed by atoms with Gasteiger partial charge in [0.15, 0.2) is 5.96 Å². The zero-order valence-corrected chi connectivity index (χ0v) is 20.1. The summed E-state index contributed by atoms with van der Waals surface area (Å²) in [4.78, 5) is 23.5. The maximum Gasteiger partial charge on any atom is 0.243 e. The van der Waals surface area contributed by atoms with Crippen molar-refractivity contribution in [1.29, 1.82) is 0 Å². The first-order valence-electron chi connectivity index (χ1n) is 12.2. The molecule has 0 bridgehead atoms. The lowest BCUT2D eigenvalue weighted by molar-refractivity contribution is -0.127. The second-order valence-electron chi connectivity index (χ2n) is 9.07. The summed E-state index contributed by atoms with van der Waals surface area (Å²) in [6, 6.07) is 11.4. The Kier molecular flexibility index (Phi) is 9.81. The largest absolute Gasteiger partial charge is 0.382 e. The van der Waals surface area contributed by atoms with E-state index in [2.05, 4.69) is 45.4 Å². The number of benzene rings is 1. The van der Waals surface area contributed by atoms with Crippen LogP contribution in [0, 0.1) is 5.92 Å². The van der Waals surface area contributed by atoms with Gasteiger partial charge < -0.3 is 19.9 Å². The first-order valence-corrected chi connectivity index (χ1v) is 12.2. The van der Waals surface area contributed by atoms with Crippen LogP contribution in [0.4, 0.5) is 0 Å². The number of ether oxygens (including phenoxy) is 1. The lowest BCUT2D eigenvalue weighted by Crippen LogP contribution is -2.56. The average Bonchev–Trinajstić information content (AvgIpc) is 2.81. The SMILES string of the molecule is CCOCCCNC(=NCC(=O)N(C)C)N1CCC2C(CCCN2Cc2ccccc2)C1. The maximum absolute atomic E-state index is 12.1. The Bertz CT molecular complexity index is 724. The van der Waals surface area contributed by atoms with Crippen LogP contribution >= 0.6 is 0 Å². The van der Waals surface area contributed by atoms with Gasteiger partial charge in [-0.15, -0.1) is 0 Å². The lowest BCUT2D eigenvalue weighted by atomic mass is 9.83. The third-order valence-corrected chi connectivity index (χ3v) is 6.53. The fourth-order valence-corrected chi connectivity index (χ4v) is 4.78. The molecular weight excluding hydrogens is 402 g/mol. The first kappa shape index (κ1) is 24.5. The number of likely N-dealkylation sites (tertiary alicyclic amines) is 2. The van der Waals surface area contributed by atoms with E-state index in [1.165, 1.54) is 24.9 Å². The van der Waals surface area contributed by atoms with Crippen LogP contribution in [0.1, 0.15) is 38.2 Å². The van der Waals surface area contributed by atoms with Crippen LogP contribution in [0.2, 0.25) is 0 Å². The molecule has 2 aliphatic heterocycles. The van der Waals surface area contributed by atoms with Crippen LogP contribution < -0.4 is 5.32 Å². The van der Waals surface area contributed by atoms with Gasteiger partial charge in [0.25, 0.3) is 0 Å². The summed E-state index contributed by atoms with van der Waals surface area (Å²) in [5.74, 6) is 1.54. The van der Waals surface area contributed by atoms with Crippen molar-refractivity contribution in [3.8, 4) is 0 Å². The molecule has 1 aromatic carbocycles. The second-order valence-corrected chi connectivity index (χ2v) is 9.07. The van der Waals surface area contributed by atoms with Crippen molar-refractivity contribution in [2.75, 3.05) is 60.0 Å². The molecule has 2 atom stereocenters. The number of nitrogens with one attached hydrogen (secondary N) is 1. The number of amides is 1. The highest BCUT2D eigenvalue weighted by Gasteiger charge is 2.36. The van der Waals surface area contributed by atoms with Crippen LogP contribution in [-0.2, 0) is 16.1 Å². The smallest absolute Gasteiger partial charge is 0.243 e. The van der Waals surface area contributed by atoms with Gasteiger partial charge in [-0.3, -0.25) is 9.69 Å². The summed E-state index contributed by atoms with van der Waals surface area (Å²) in [5, 5.41) is 3.50. The highest BCUT2D eigenvalue weighted by atomic mass is 16.5. The van der Waals surface area contributed by atoms with E-state index in [1.807, 2.05) is 6.92 Å². The van der Waals surface area contributed by atoms with Crippen LogP contribution in [0.3, 0.4) is 0 Å². The topological polar surface area (TPSA) is 60.4 Å². The van der Waals surface area contributed by atoms with Crippen molar-refractivity contribution >= 4 is 11.9 Å². The van der Waals surface area contributed by atoms with Gasteiger partial charge in [-0.2, -0.15) is 0 Å². The Hall–Kier alpha value is -2.12. The number of carbonyl (C=O) groups is 1. The summed E-state index contributed by atoms with van der Waals surface area (Å²) in [6.45, 7) is 8.69. The zero-order chi connectivity index (χ0) is 22.8. The predicted octanol–water partition coefficient (Wildman–Crippen LogP) is 2.43.